The summed E-state index contributed by atoms with van der Waals surface area (Å²) in [5, 5.41) is 12.4. The first-order valence-electron chi connectivity index (χ1n) is 11.0. The molecule has 1 aromatic carbocycles. The van der Waals surface area contributed by atoms with Crippen LogP contribution in [0.25, 0.3) is 10.2 Å². The largest absolute Gasteiger partial charge is 0.311 e. The van der Waals surface area contributed by atoms with E-state index in [1.54, 1.807) is 29.6 Å². The first-order valence-corrected chi connectivity index (χ1v) is 12.7. The Morgan fingerprint density at radius 3 is 2.09 bits per heavy atom. The molecule has 5 nitrogen and oxygen atoms in total. The number of rotatable bonds is 6. The molecule has 0 amide bonds. The molecule has 3 aromatic rings. The standard InChI is InChI=1S/C13H16N2OS.C8H12N2S.2C2H6/c1-8(16)13(15(3)4)10-5-6-12-11(7-10)14-9(2)17-12;1-10(2)8(5-9)7-3-4-11-6-7;2*1-2/h5-7,13H,1-4H3;3-6,8-9H,1-2H3;2*1-2H3. The van der Waals surface area contributed by atoms with Gasteiger partial charge in [-0.25, -0.2) is 4.98 Å². The minimum atomic E-state index is -0.179. The lowest BCUT2D eigenvalue weighted by Gasteiger charge is -2.21. The van der Waals surface area contributed by atoms with Gasteiger partial charge in [-0.2, -0.15) is 11.3 Å². The Labute approximate surface area is 202 Å². The van der Waals surface area contributed by atoms with Gasteiger partial charge in [0, 0.05) is 6.21 Å². The van der Waals surface area contributed by atoms with Crippen LogP contribution >= 0.6 is 22.7 Å². The number of carbonyl (C=O) groups excluding carboxylic acids is 1. The van der Waals surface area contributed by atoms with Gasteiger partial charge in [-0.15, -0.1) is 11.3 Å². The summed E-state index contributed by atoms with van der Waals surface area (Å²) in [5.74, 6) is 0.154. The lowest BCUT2D eigenvalue weighted by atomic mass is 10.0. The smallest absolute Gasteiger partial charge is 0.151 e. The molecule has 0 spiro atoms. The Hall–Kier alpha value is -1.93. The van der Waals surface area contributed by atoms with Gasteiger partial charge >= 0.3 is 0 Å². The van der Waals surface area contributed by atoms with Crippen LogP contribution in [0.2, 0.25) is 0 Å². The highest BCUT2D eigenvalue weighted by Crippen LogP contribution is 2.27. The highest BCUT2D eigenvalue weighted by molar-refractivity contribution is 7.18. The molecule has 0 aliphatic carbocycles. The van der Waals surface area contributed by atoms with Crippen molar-refractivity contribution in [1.82, 2.24) is 14.8 Å². The zero-order valence-corrected chi connectivity index (χ0v) is 22.9. The van der Waals surface area contributed by atoms with Crippen LogP contribution < -0.4 is 0 Å². The summed E-state index contributed by atoms with van der Waals surface area (Å²) in [4.78, 5) is 20.1. The van der Waals surface area contributed by atoms with Crippen LogP contribution in [0.15, 0.2) is 35.0 Å². The molecule has 0 bridgehead atoms. The molecule has 7 heteroatoms. The zero-order chi connectivity index (χ0) is 24.8. The molecule has 2 unspecified atom stereocenters. The molecule has 2 aromatic heterocycles. The Balaban J connectivity index is 0.000000555. The van der Waals surface area contributed by atoms with Gasteiger partial charge in [-0.05, 0) is 82.1 Å². The number of aromatic nitrogens is 1. The van der Waals surface area contributed by atoms with Crippen molar-refractivity contribution in [2.24, 2.45) is 0 Å². The van der Waals surface area contributed by atoms with Gasteiger partial charge in [-0.3, -0.25) is 14.6 Å². The number of ketones is 1. The second-order valence-electron chi connectivity index (χ2n) is 7.07. The highest BCUT2D eigenvalue weighted by Gasteiger charge is 2.19. The van der Waals surface area contributed by atoms with Gasteiger partial charge in [0.25, 0.3) is 0 Å². The third kappa shape index (κ3) is 8.90. The third-order valence-corrected chi connectivity index (χ3v) is 5.99. The lowest BCUT2D eigenvalue weighted by Crippen LogP contribution is -2.25. The van der Waals surface area contributed by atoms with E-state index >= 15 is 0 Å². The van der Waals surface area contributed by atoms with Crippen LogP contribution in [0, 0.1) is 12.3 Å². The van der Waals surface area contributed by atoms with Crippen LogP contribution in [0.4, 0.5) is 0 Å². The summed E-state index contributed by atoms with van der Waals surface area (Å²) in [6.45, 7) is 11.6. The van der Waals surface area contributed by atoms with E-state index in [1.165, 1.54) is 16.5 Å². The number of carbonyl (C=O) groups is 1. The van der Waals surface area contributed by atoms with E-state index in [0.29, 0.717) is 0 Å². The number of nitrogens with zero attached hydrogens (tertiary/aromatic N) is 3. The summed E-state index contributed by atoms with van der Waals surface area (Å²) in [6, 6.07) is 8.11. The number of nitrogens with one attached hydrogen (secondary N) is 1. The molecule has 32 heavy (non-hydrogen) atoms. The molecule has 0 saturated heterocycles. The van der Waals surface area contributed by atoms with Crippen molar-refractivity contribution >= 4 is 44.9 Å². The van der Waals surface area contributed by atoms with Gasteiger partial charge in [0.05, 0.1) is 27.3 Å². The Morgan fingerprint density at radius 1 is 1.03 bits per heavy atom. The van der Waals surface area contributed by atoms with E-state index in [-0.39, 0.29) is 17.9 Å². The number of benzene rings is 1. The molecule has 3 rings (SSSR count). The van der Waals surface area contributed by atoms with Gasteiger partial charge < -0.3 is 5.41 Å². The molecular formula is C25H40N4OS2. The molecule has 0 fully saturated rings. The van der Waals surface area contributed by atoms with Gasteiger partial charge in [0.2, 0.25) is 0 Å². The van der Waals surface area contributed by atoms with Crippen molar-refractivity contribution in [2.75, 3.05) is 28.2 Å². The summed E-state index contributed by atoms with van der Waals surface area (Å²) < 4.78 is 1.17. The minimum absolute atomic E-state index is 0.140. The SMILES string of the molecule is CC.CC.CC(=O)C(c1ccc2sc(C)nc2c1)N(C)C.CN(C)C(C=N)c1ccsc1. The van der Waals surface area contributed by atoms with Crippen molar-refractivity contribution in [2.45, 2.75) is 53.6 Å². The summed E-state index contributed by atoms with van der Waals surface area (Å²) in [7, 11) is 7.80. The Kier molecular flexibility index (Phi) is 14.9. The number of thiazole rings is 1. The first kappa shape index (κ1) is 30.1. The molecular weight excluding hydrogens is 436 g/mol. The molecule has 178 valence electrons. The summed E-state index contributed by atoms with van der Waals surface area (Å²) in [5.41, 5.74) is 3.20. The van der Waals surface area contributed by atoms with E-state index in [9.17, 15) is 4.79 Å². The fourth-order valence-corrected chi connectivity index (χ4v) is 4.61. The predicted octanol–water partition coefficient (Wildman–Crippen LogP) is 6.85. The number of aryl methyl sites for hydroxylation is 1. The van der Waals surface area contributed by atoms with Crippen LogP contribution in [0.3, 0.4) is 0 Å². The molecule has 0 saturated carbocycles. The minimum Gasteiger partial charge on any atom is -0.311 e. The van der Waals surface area contributed by atoms with Crippen molar-refractivity contribution in [3.63, 3.8) is 0 Å². The first-order chi connectivity index (χ1) is 15.2. The molecule has 0 radical (unpaired) electrons. The average Bonchev–Trinajstić information content (AvgIpc) is 3.40. The van der Waals surface area contributed by atoms with Crippen molar-refractivity contribution in [3.05, 3.63) is 51.2 Å². The van der Waals surface area contributed by atoms with E-state index < -0.39 is 0 Å². The quantitative estimate of drug-likeness (QED) is 0.395. The molecule has 2 atom stereocenters. The summed E-state index contributed by atoms with van der Waals surface area (Å²) in [6.07, 6.45) is 1.46. The van der Waals surface area contributed by atoms with Crippen LogP contribution in [0.5, 0.6) is 0 Å². The monoisotopic (exact) mass is 476 g/mol. The number of fused-ring (bicyclic) bond motifs is 1. The second kappa shape index (κ2) is 15.8. The molecule has 0 aliphatic rings. The highest BCUT2D eigenvalue weighted by atomic mass is 32.1. The topological polar surface area (TPSA) is 60.3 Å². The van der Waals surface area contributed by atoms with Crippen LogP contribution in [-0.4, -0.2) is 55.0 Å². The third-order valence-electron chi connectivity index (χ3n) is 4.33. The molecule has 2 heterocycles. The van der Waals surface area contributed by atoms with E-state index in [4.69, 9.17) is 5.41 Å². The van der Waals surface area contributed by atoms with E-state index in [2.05, 4.69) is 22.5 Å². The van der Waals surface area contributed by atoms with Gasteiger partial charge in [-0.1, -0.05) is 33.8 Å². The number of hydrogen-bond acceptors (Lipinski definition) is 7. The van der Waals surface area contributed by atoms with E-state index in [0.717, 1.165) is 16.1 Å². The maximum absolute atomic E-state index is 11.7. The van der Waals surface area contributed by atoms with E-state index in [1.807, 2.05) is 90.1 Å². The van der Waals surface area contributed by atoms with Crippen LogP contribution in [0.1, 0.15) is 62.8 Å². The number of thiophene rings is 1. The maximum atomic E-state index is 11.7. The Bertz CT molecular complexity index is 917. The summed E-state index contributed by atoms with van der Waals surface area (Å²) >= 11 is 3.35. The predicted molar refractivity (Wildman–Crippen MR) is 144 cm³/mol. The average molecular weight is 477 g/mol. The molecule has 0 aliphatic heterocycles. The van der Waals surface area contributed by atoms with Crippen LogP contribution in [-0.2, 0) is 4.79 Å². The fourth-order valence-electron chi connectivity index (χ4n) is 3.11. The van der Waals surface area contributed by atoms with Crippen molar-refractivity contribution in [3.8, 4) is 0 Å². The zero-order valence-electron chi connectivity index (χ0n) is 21.3. The maximum Gasteiger partial charge on any atom is 0.151 e. The lowest BCUT2D eigenvalue weighted by molar-refractivity contribution is -0.121. The number of hydrogen-bond donors (Lipinski definition) is 1. The van der Waals surface area contributed by atoms with Crippen molar-refractivity contribution < 1.29 is 4.79 Å². The fraction of sp³-hybridized carbons (Fsp3) is 0.480. The van der Waals surface area contributed by atoms with Crippen molar-refractivity contribution in [1.29, 1.82) is 5.41 Å². The number of Topliss-reactive ketones (excluding diaryl/α,β-unsaturated/α-hetero) is 1. The molecule has 1 N–H and O–H groups in total. The van der Waals surface area contributed by atoms with Gasteiger partial charge in [0.1, 0.15) is 0 Å². The number of likely N-dealkylation sites (N-methyl/N-ethyl adjacent to an activating group) is 1. The second-order valence-corrected chi connectivity index (χ2v) is 9.08. The van der Waals surface area contributed by atoms with Gasteiger partial charge in [0.15, 0.2) is 5.78 Å². The Morgan fingerprint density at radius 2 is 1.66 bits per heavy atom. The normalized spacial score (nSPS) is 12.0.